The summed E-state index contributed by atoms with van der Waals surface area (Å²) in [5.74, 6) is -1.28. The number of benzene rings is 2. The summed E-state index contributed by atoms with van der Waals surface area (Å²) < 4.78 is 13.3. The number of nitrogens with one attached hydrogen (secondary N) is 1. The number of amides is 4. The highest BCUT2D eigenvalue weighted by Gasteiger charge is 2.49. The minimum atomic E-state index is -1.34. The third-order valence-electron chi connectivity index (χ3n) is 5.53. The van der Waals surface area contributed by atoms with Crippen LogP contribution in [0.5, 0.6) is 0 Å². The van der Waals surface area contributed by atoms with Gasteiger partial charge in [0.2, 0.25) is 5.91 Å². The van der Waals surface area contributed by atoms with E-state index in [4.69, 9.17) is 0 Å². The SMILES string of the molecule is C[C@H]1CCN(C(=O)CN2C(=O)N[C@](C)(c3ccc(F)cc3)C2=O)c2ccccc2S1. The summed E-state index contributed by atoms with van der Waals surface area (Å²) in [5, 5.41) is 3.00. The van der Waals surface area contributed by atoms with E-state index in [-0.39, 0.29) is 12.5 Å². The molecule has 1 fully saturated rings. The number of nitrogens with zero attached hydrogens (tertiary/aromatic N) is 2. The Labute approximate surface area is 178 Å². The Kier molecular flexibility index (Phi) is 5.27. The van der Waals surface area contributed by atoms with Gasteiger partial charge >= 0.3 is 6.03 Å². The quantitative estimate of drug-likeness (QED) is 0.761. The fourth-order valence-electron chi connectivity index (χ4n) is 3.79. The fourth-order valence-corrected chi connectivity index (χ4v) is 4.90. The van der Waals surface area contributed by atoms with E-state index >= 15 is 0 Å². The largest absolute Gasteiger partial charge is 0.325 e. The van der Waals surface area contributed by atoms with Crippen molar-refractivity contribution in [3.63, 3.8) is 0 Å². The number of anilines is 1. The second-order valence-electron chi connectivity index (χ2n) is 7.68. The molecule has 2 aromatic carbocycles. The molecule has 0 spiro atoms. The van der Waals surface area contributed by atoms with Gasteiger partial charge in [-0.15, -0.1) is 11.8 Å². The zero-order chi connectivity index (χ0) is 21.5. The summed E-state index contributed by atoms with van der Waals surface area (Å²) in [4.78, 5) is 42.4. The standard InChI is InChI=1S/C22H22FN3O3S/c1-14-11-12-25(17-5-3-4-6-18(17)30-14)19(27)13-26-20(28)22(2,24-21(26)29)15-7-9-16(23)10-8-15/h3-10,14H,11-13H2,1-2H3,(H,24,29)/t14-,22+/m0/s1. The van der Waals surface area contributed by atoms with E-state index in [0.29, 0.717) is 17.4 Å². The van der Waals surface area contributed by atoms with Crippen molar-refractivity contribution in [2.24, 2.45) is 0 Å². The van der Waals surface area contributed by atoms with Crippen LogP contribution in [0, 0.1) is 5.82 Å². The van der Waals surface area contributed by atoms with Crippen LogP contribution in [-0.2, 0) is 15.1 Å². The molecule has 0 aromatic heterocycles. The lowest BCUT2D eigenvalue weighted by molar-refractivity contribution is -0.134. The van der Waals surface area contributed by atoms with E-state index in [1.165, 1.54) is 24.3 Å². The van der Waals surface area contributed by atoms with Crippen molar-refractivity contribution in [2.45, 2.75) is 36.0 Å². The predicted molar refractivity (Wildman–Crippen MR) is 113 cm³/mol. The highest BCUT2D eigenvalue weighted by molar-refractivity contribution is 8.00. The molecule has 6 nitrogen and oxygen atoms in total. The highest BCUT2D eigenvalue weighted by atomic mass is 32.2. The number of carbonyl (C=O) groups excluding carboxylic acids is 3. The van der Waals surface area contributed by atoms with E-state index in [2.05, 4.69) is 12.2 Å². The number of hydrogen-bond donors (Lipinski definition) is 1. The molecule has 156 valence electrons. The molecule has 2 aliphatic heterocycles. The first kappa shape index (κ1) is 20.4. The molecule has 1 saturated heterocycles. The number of rotatable bonds is 3. The number of hydrogen-bond acceptors (Lipinski definition) is 4. The van der Waals surface area contributed by atoms with Crippen molar-refractivity contribution in [1.29, 1.82) is 0 Å². The molecule has 30 heavy (non-hydrogen) atoms. The molecule has 2 heterocycles. The summed E-state index contributed by atoms with van der Waals surface area (Å²) >= 11 is 1.71. The van der Waals surface area contributed by atoms with Crippen molar-refractivity contribution in [3.05, 3.63) is 59.9 Å². The maximum Gasteiger partial charge on any atom is 0.325 e. The summed E-state index contributed by atoms with van der Waals surface area (Å²) in [5.41, 5.74) is -0.0840. The van der Waals surface area contributed by atoms with Gasteiger partial charge < -0.3 is 10.2 Å². The number of fused-ring (bicyclic) bond motifs is 1. The Bertz CT molecular complexity index is 1010. The van der Waals surface area contributed by atoms with Crippen LogP contribution in [0.25, 0.3) is 0 Å². The highest BCUT2D eigenvalue weighted by Crippen LogP contribution is 2.37. The topological polar surface area (TPSA) is 69.7 Å². The van der Waals surface area contributed by atoms with Crippen LogP contribution in [0.15, 0.2) is 53.4 Å². The fraction of sp³-hybridized carbons (Fsp3) is 0.318. The van der Waals surface area contributed by atoms with Crippen LogP contribution in [0.3, 0.4) is 0 Å². The zero-order valence-electron chi connectivity index (χ0n) is 16.7. The first-order valence-corrected chi connectivity index (χ1v) is 10.6. The van der Waals surface area contributed by atoms with E-state index in [1.54, 1.807) is 23.6 Å². The van der Waals surface area contributed by atoms with Crippen LogP contribution >= 0.6 is 11.8 Å². The molecule has 4 amide bonds. The van der Waals surface area contributed by atoms with Gasteiger partial charge in [0.15, 0.2) is 0 Å². The predicted octanol–water partition coefficient (Wildman–Crippen LogP) is 3.51. The average Bonchev–Trinajstić information content (AvgIpc) is 2.85. The van der Waals surface area contributed by atoms with Crippen molar-refractivity contribution < 1.29 is 18.8 Å². The van der Waals surface area contributed by atoms with Gasteiger partial charge in [-0.25, -0.2) is 9.18 Å². The minimum Gasteiger partial charge on any atom is -0.319 e. The molecule has 0 aliphatic carbocycles. The van der Waals surface area contributed by atoms with Gasteiger partial charge in [0.25, 0.3) is 5.91 Å². The molecule has 8 heteroatoms. The van der Waals surface area contributed by atoms with Gasteiger partial charge in [0.05, 0.1) is 5.69 Å². The zero-order valence-corrected chi connectivity index (χ0v) is 17.5. The Morgan fingerprint density at radius 3 is 2.63 bits per heavy atom. The smallest absolute Gasteiger partial charge is 0.319 e. The van der Waals surface area contributed by atoms with Crippen LogP contribution < -0.4 is 10.2 Å². The van der Waals surface area contributed by atoms with Crippen molar-refractivity contribution >= 4 is 35.3 Å². The number of para-hydroxylation sites is 1. The van der Waals surface area contributed by atoms with Crippen molar-refractivity contribution in [2.75, 3.05) is 18.0 Å². The van der Waals surface area contributed by atoms with Gasteiger partial charge in [-0.3, -0.25) is 14.5 Å². The third-order valence-corrected chi connectivity index (χ3v) is 6.77. The normalized spacial score (nSPS) is 23.8. The van der Waals surface area contributed by atoms with Crippen LogP contribution in [0.1, 0.15) is 25.8 Å². The molecule has 0 unspecified atom stereocenters. The maximum atomic E-state index is 13.3. The molecule has 2 aromatic rings. The molecule has 4 rings (SSSR count). The summed E-state index contributed by atoms with van der Waals surface area (Å²) in [6, 6.07) is 12.4. The van der Waals surface area contributed by atoms with Crippen LogP contribution in [0.4, 0.5) is 14.9 Å². The molecule has 0 saturated carbocycles. The summed E-state index contributed by atoms with van der Waals surface area (Å²) in [6.07, 6.45) is 0.804. The monoisotopic (exact) mass is 427 g/mol. The van der Waals surface area contributed by atoms with E-state index in [9.17, 15) is 18.8 Å². The molecule has 0 bridgehead atoms. The lowest BCUT2D eigenvalue weighted by Gasteiger charge is -2.25. The molecular weight excluding hydrogens is 405 g/mol. The van der Waals surface area contributed by atoms with Crippen molar-refractivity contribution in [1.82, 2.24) is 10.2 Å². The molecule has 2 atom stereocenters. The Morgan fingerprint density at radius 2 is 1.90 bits per heavy atom. The summed E-state index contributed by atoms with van der Waals surface area (Å²) in [7, 11) is 0. The van der Waals surface area contributed by atoms with E-state index in [1.807, 2.05) is 24.3 Å². The molecule has 0 radical (unpaired) electrons. The van der Waals surface area contributed by atoms with Gasteiger partial charge in [-0.05, 0) is 43.2 Å². The number of urea groups is 1. The Morgan fingerprint density at radius 1 is 1.20 bits per heavy atom. The van der Waals surface area contributed by atoms with E-state index < -0.39 is 23.3 Å². The van der Waals surface area contributed by atoms with Gasteiger partial charge in [0, 0.05) is 16.7 Å². The average molecular weight is 428 g/mol. The number of carbonyl (C=O) groups is 3. The minimum absolute atomic E-state index is 0.316. The van der Waals surface area contributed by atoms with Crippen LogP contribution in [0.2, 0.25) is 0 Å². The lowest BCUT2D eigenvalue weighted by Crippen LogP contribution is -2.45. The number of imide groups is 1. The Balaban J connectivity index is 1.57. The number of halogens is 1. The lowest BCUT2D eigenvalue weighted by atomic mass is 9.92. The van der Waals surface area contributed by atoms with Gasteiger partial charge in [0.1, 0.15) is 17.9 Å². The maximum absolute atomic E-state index is 13.3. The van der Waals surface area contributed by atoms with Crippen LogP contribution in [-0.4, -0.2) is 41.1 Å². The summed E-state index contributed by atoms with van der Waals surface area (Å²) in [6.45, 7) is 3.84. The van der Waals surface area contributed by atoms with E-state index in [0.717, 1.165) is 21.9 Å². The Hall–Kier alpha value is -2.87. The van der Waals surface area contributed by atoms with Gasteiger partial charge in [-0.1, -0.05) is 31.2 Å². The molecule has 2 aliphatic rings. The molecular formula is C22H22FN3O3S. The van der Waals surface area contributed by atoms with Gasteiger partial charge in [-0.2, -0.15) is 0 Å². The number of thioether (sulfide) groups is 1. The first-order valence-electron chi connectivity index (χ1n) is 9.76. The van der Waals surface area contributed by atoms with Crippen molar-refractivity contribution in [3.8, 4) is 0 Å². The molecule has 1 N–H and O–H groups in total. The second kappa shape index (κ2) is 7.75. The first-order chi connectivity index (χ1) is 14.3. The third kappa shape index (κ3) is 3.56. The second-order valence-corrected chi connectivity index (χ2v) is 9.16.